The van der Waals surface area contributed by atoms with E-state index in [-0.39, 0.29) is 5.78 Å². The summed E-state index contributed by atoms with van der Waals surface area (Å²) >= 11 is 0. The molecule has 0 aliphatic heterocycles. The van der Waals surface area contributed by atoms with Crippen LogP contribution in [-0.2, 0) is 24.4 Å². The second-order valence-corrected chi connectivity index (χ2v) is 7.89. The van der Waals surface area contributed by atoms with E-state index in [1.54, 1.807) is 13.0 Å². The smallest absolute Gasteiger partial charge is 0.154 e. The molecule has 0 heterocycles. The summed E-state index contributed by atoms with van der Waals surface area (Å²) in [7, 11) is 0. The Morgan fingerprint density at radius 1 is 0.844 bits per heavy atom. The van der Waals surface area contributed by atoms with Gasteiger partial charge in [0.15, 0.2) is 5.78 Å². The molecule has 3 aromatic carbocycles. The van der Waals surface area contributed by atoms with Gasteiger partial charge in [-0.05, 0) is 67.7 Å². The van der Waals surface area contributed by atoms with E-state index < -0.39 is 0 Å². The summed E-state index contributed by atoms with van der Waals surface area (Å²) in [6, 6.07) is 24.4. The highest BCUT2D eigenvalue weighted by Crippen LogP contribution is 2.30. The molecule has 0 amide bonds. The number of aryl methyl sites for hydroxylation is 1. The Kier molecular flexibility index (Phi) is 8.50. The van der Waals surface area contributed by atoms with E-state index in [9.17, 15) is 4.79 Å². The van der Waals surface area contributed by atoms with Crippen molar-refractivity contribution < 1.29 is 14.3 Å². The highest BCUT2D eigenvalue weighted by Gasteiger charge is 2.11. The second-order valence-electron chi connectivity index (χ2n) is 7.89. The van der Waals surface area contributed by atoms with Crippen LogP contribution in [0.3, 0.4) is 0 Å². The SMILES string of the molecule is CC(=O)/C=C(\C)NCCc1cc(OCc2ccccc2)c(C)cc1OCc1ccccc1. The summed E-state index contributed by atoms with van der Waals surface area (Å²) in [5, 5.41) is 3.30. The third-order valence-electron chi connectivity index (χ3n) is 5.05. The Hall–Kier alpha value is -3.53. The largest absolute Gasteiger partial charge is 0.489 e. The van der Waals surface area contributed by atoms with Crippen molar-refractivity contribution in [1.82, 2.24) is 5.32 Å². The van der Waals surface area contributed by atoms with Gasteiger partial charge >= 0.3 is 0 Å². The first kappa shape index (κ1) is 23.1. The van der Waals surface area contributed by atoms with Crippen LogP contribution in [0.5, 0.6) is 11.5 Å². The van der Waals surface area contributed by atoms with Crippen molar-refractivity contribution in [2.75, 3.05) is 6.54 Å². The predicted octanol–water partition coefficient (Wildman–Crippen LogP) is 5.78. The number of rotatable bonds is 11. The lowest BCUT2D eigenvalue weighted by Crippen LogP contribution is -2.16. The molecule has 0 aliphatic carbocycles. The van der Waals surface area contributed by atoms with E-state index in [0.717, 1.165) is 45.9 Å². The van der Waals surface area contributed by atoms with Crippen LogP contribution >= 0.6 is 0 Å². The monoisotopic (exact) mass is 429 g/mol. The van der Waals surface area contributed by atoms with Crippen LogP contribution < -0.4 is 14.8 Å². The molecule has 0 aliphatic rings. The summed E-state index contributed by atoms with van der Waals surface area (Å²) in [4.78, 5) is 11.3. The fourth-order valence-corrected chi connectivity index (χ4v) is 3.41. The predicted molar refractivity (Wildman–Crippen MR) is 129 cm³/mol. The number of carbonyl (C=O) groups is 1. The zero-order chi connectivity index (χ0) is 22.8. The Morgan fingerprint density at radius 2 is 1.41 bits per heavy atom. The molecule has 0 saturated carbocycles. The zero-order valence-corrected chi connectivity index (χ0v) is 19.1. The number of hydrogen-bond donors (Lipinski definition) is 1. The fraction of sp³-hybridized carbons (Fsp3) is 0.250. The Labute approximate surface area is 190 Å². The third kappa shape index (κ3) is 7.31. The minimum Gasteiger partial charge on any atom is -0.489 e. The van der Waals surface area contributed by atoms with Crippen molar-refractivity contribution in [1.29, 1.82) is 0 Å². The van der Waals surface area contributed by atoms with Crippen LogP contribution in [-0.4, -0.2) is 12.3 Å². The van der Waals surface area contributed by atoms with Gasteiger partial charge in [-0.3, -0.25) is 4.79 Å². The minimum atomic E-state index is 0.0359. The average Bonchev–Trinajstić information content (AvgIpc) is 2.78. The van der Waals surface area contributed by atoms with E-state index in [1.165, 1.54) is 0 Å². The van der Waals surface area contributed by atoms with Gasteiger partial charge in [-0.25, -0.2) is 0 Å². The topological polar surface area (TPSA) is 47.6 Å². The molecule has 3 rings (SSSR count). The van der Waals surface area contributed by atoms with E-state index >= 15 is 0 Å². The first-order valence-corrected chi connectivity index (χ1v) is 10.9. The molecule has 0 aromatic heterocycles. The van der Waals surface area contributed by atoms with Crippen molar-refractivity contribution in [3.8, 4) is 11.5 Å². The molecular formula is C28H31NO3. The van der Waals surface area contributed by atoms with Gasteiger partial charge in [-0.2, -0.15) is 0 Å². The molecule has 0 unspecified atom stereocenters. The van der Waals surface area contributed by atoms with Gasteiger partial charge in [0.05, 0.1) is 0 Å². The number of allylic oxidation sites excluding steroid dienone is 2. The van der Waals surface area contributed by atoms with Crippen LogP contribution in [0.25, 0.3) is 0 Å². The number of nitrogens with one attached hydrogen (secondary N) is 1. The molecule has 0 atom stereocenters. The normalized spacial score (nSPS) is 11.2. The van der Waals surface area contributed by atoms with Gasteiger partial charge in [0.25, 0.3) is 0 Å². The Bertz CT molecular complexity index is 1040. The molecule has 1 N–H and O–H groups in total. The highest BCUT2D eigenvalue weighted by molar-refractivity contribution is 5.87. The molecular weight excluding hydrogens is 398 g/mol. The first-order chi connectivity index (χ1) is 15.5. The van der Waals surface area contributed by atoms with Gasteiger partial charge in [0, 0.05) is 12.2 Å². The molecule has 3 aromatic rings. The Morgan fingerprint density at radius 3 is 1.97 bits per heavy atom. The molecule has 4 nitrogen and oxygen atoms in total. The summed E-state index contributed by atoms with van der Waals surface area (Å²) in [6.07, 6.45) is 2.35. The molecule has 0 saturated heterocycles. The Balaban J connectivity index is 1.75. The second kappa shape index (κ2) is 11.8. The summed E-state index contributed by atoms with van der Waals surface area (Å²) in [6.45, 7) is 7.21. The number of ketones is 1. The summed E-state index contributed by atoms with van der Waals surface area (Å²) < 4.78 is 12.3. The van der Waals surface area contributed by atoms with Crippen LogP contribution in [0.2, 0.25) is 0 Å². The van der Waals surface area contributed by atoms with Gasteiger partial charge in [0.1, 0.15) is 24.7 Å². The van der Waals surface area contributed by atoms with Gasteiger partial charge in [0.2, 0.25) is 0 Å². The number of ether oxygens (including phenoxy) is 2. The first-order valence-electron chi connectivity index (χ1n) is 10.9. The lowest BCUT2D eigenvalue weighted by atomic mass is 10.1. The lowest BCUT2D eigenvalue weighted by molar-refractivity contribution is -0.112. The number of carbonyl (C=O) groups excluding carboxylic acids is 1. The van der Waals surface area contributed by atoms with Gasteiger partial charge in [-0.1, -0.05) is 60.7 Å². The van der Waals surface area contributed by atoms with Crippen LogP contribution in [0, 0.1) is 6.92 Å². The standard InChI is InChI=1S/C28H31NO3/c1-21-16-28(32-20-25-12-8-5-9-13-25)26(14-15-29-22(2)17-23(3)30)18-27(21)31-19-24-10-6-4-7-11-24/h4-13,16-18,29H,14-15,19-20H2,1-3H3/b22-17+. The molecule has 166 valence electrons. The lowest BCUT2D eigenvalue weighted by Gasteiger charge is -2.17. The van der Waals surface area contributed by atoms with Gasteiger partial charge in [-0.15, -0.1) is 0 Å². The van der Waals surface area contributed by atoms with Crippen LogP contribution in [0.1, 0.15) is 36.1 Å². The van der Waals surface area contributed by atoms with E-state index in [0.29, 0.717) is 19.8 Å². The molecule has 0 radical (unpaired) electrons. The number of hydrogen-bond acceptors (Lipinski definition) is 4. The maximum atomic E-state index is 11.3. The van der Waals surface area contributed by atoms with Crippen LogP contribution in [0.15, 0.2) is 84.6 Å². The number of benzene rings is 3. The van der Waals surface area contributed by atoms with Crippen molar-refractivity contribution in [2.24, 2.45) is 0 Å². The van der Waals surface area contributed by atoms with E-state index in [1.807, 2.05) is 50.2 Å². The van der Waals surface area contributed by atoms with Crippen LogP contribution in [0.4, 0.5) is 0 Å². The van der Waals surface area contributed by atoms with E-state index in [4.69, 9.17) is 9.47 Å². The molecule has 4 heteroatoms. The fourth-order valence-electron chi connectivity index (χ4n) is 3.41. The minimum absolute atomic E-state index is 0.0359. The molecule has 0 bridgehead atoms. The maximum absolute atomic E-state index is 11.3. The maximum Gasteiger partial charge on any atom is 0.154 e. The van der Waals surface area contributed by atoms with Crippen molar-refractivity contribution >= 4 is 5.78 Å². The summed E-state index contributed by atoms with van der Waals surface area (Å²) in [5.74, 6) is 1.74. The van der Waals surface area contributed by atoms with Gasteiger partial charge < -0.3 is 14.8 Å². The zero-order valence-electron chi connectivity index (χ0n) is 19.1. The molecule has 0 spiro atoms. The summed E-state index contributed by atoms with van der Waals surface area (Å²) in [5.41, 5.74) is 5.21. The van der Waals surface area contributed by atoms with Crippen molar-refractivity contribution in [3.05, 3.63) is 107 Å². The van der Waals surface area contributed by atoms with Crippen molar-refractivity contribution in [2.45, 2.75) is 40.4 Å². The quantitative estimate of drug-likeness (QED) is 0.393. The molecule has 32 heavy (non-hydrogen) atoms. The van der Waals surface area contributed by atoms with E-state index in [2.05, 4.69) is 41.7 Å². The molecule has 0 fully saturated rings. The highest BCUT2D eigenvalue weighted by atomic mass is 16.5. The third-order valence-corrected chi connectivity index (χ3v) is 5.05. The average molecular weight is 430 g/mol. The van der Waals surface area contributed by atoms with Crippen molar-refractivity contribution in [3.63, 3.8) is 0 Å².